The van der Waals surface area contributed by atoms with Crippen LogP contribution in [0.3, 0.4) is 0 Å². The molecule has 1 fully saturated rings. The minimum atomic E-state index is -1.09. The van der Waals surface area contributed by atoms with Gasteiger partial charge in [-0.25, -0.2) is 0 Å². The van der Waals surface area contributed by atoms with Crippen LogP contribution in [0.15, 0.2) is 0 Å². The third kappa shape index (κ3) is 1.54. The number of aliphatic hydroxyl groups excluding tert-OH is 3. The molecule has 1 unspecified atom stereocenters. The van der Waals surface area contributed by atoms with E-state index in [0.717, 1.165) is 0 Å². The van der Waals surface area contributed by atoms with Crippen molar-refractivity contribution in [2.45, 2.75) is 44.4 Å². The summed E-state index contributed by atoms with van der Waals surface area (Å²) in [6, 6.07) is 0. The molecule has 0 aliphatic carbocycles. The minimum absolute atomic E-state index is 0.414. The van der Waals surface area contributed by atoms with Crippen LogP contribution in [-0.2, 0) is 4.74 Å². The van der Waals surface area contributed by atoms with Gasteiger partial charge in [-0.1, -0.05) is 0 Å². The Hall–Kier alpha value is -0.160. The van der Waals surface area contributed by atoms with Crippen LogP contribution in [0.2, 0.25) is 0 Å². The molecule has 0 amide bonds. The van der Waals surface area contributed by atoms with Crippen molar-refractivity contribution in [1.29, 1.82) is 0 Å². The zero-order chi connectivity index (χ0) is 8.59. The first-order valence-corrected chi connectivity index (χ1v) is 3.73. The van der Waals surface area contributed by atoms with E-state index < -0.39 is 30.5 Å². The van der Waals surface area contributed by atoms with Crippen LogP contribution in [0.5, 0.6) is 0 Å². The van der Waals surface area contributed by atoms with Crippen molar-refractivity contribution >= 4 is 0 Å². The summed E-state index contributed by atoms with van der Waals surface area (Å²) in [5.74, 6) is 0. The van der Waals surface area contributed by atoms with Crippen LogP contribution in [-0.4, -0.2) is 45.8 Å². The molecule has 4 heteroatoms. The van der Waals surface area contributed by atoms with Crippen LogP contribution < -0.4 is 0 Å². The predicted molar refractivity (Wildman–Crippen MR) is 38.0 cm³/mol. The first-order valence-electron chi connectivity index (χ1n) is 3.73. The molecule has 0 aromatic rings. The van der Waals surface area contributed by atoms with E-state index in [1.165, 1.54) is 0 Å². The molecule has 0 bridgehead atoms. The summed E-state index contributed by atoms with van der Waals surface area (Å²) in [6.45, 7) is 3.33. The molecule has 66 valence electrons. The predicted octanol–water partition coefficient (Wildman–Crippen LogP) is -1.12. The minimum Gasteiger partial charge on any atom is -0.388 e. The molecule has 5 atom stereocenters. The van der Waals surface area contributed by atoms with E-state index in [0.29, 0.717) is 0 Å². The Morgan fingerprint density at radius 2 is 1.18 bits per heavy atom. The maximum Gasteiger partial charge on any atom is 0.111 e. The van der Waals surface area contributed by atoms with Gasteiger partial charge in [0.15, 0.2) is 0 Å². The van der Waals surface area contributed by atoms with Gasteiger partial charge in [0.2, 0.25) is 0 Å². The van der Waals surface area contributed by atoms with Gasteiger partial charge in [0, 0.05) is 0 Å². The Morgan fingerprint density at radius 3 is 1.55 bits per heavy atom. The Kier molecular flexibility index (Phi) is 2.49. The van der Waals surface area contributed by atoms with Crippen LogP contribution >= 0.6 is 0 Å². The molecule has 0 spiro atoms. The average Bonchev–Trinajstić information content (AvgIpc) is 1.97. The van der Waals surface area contributed by atoms with Crippen molar-refractivity contribution in [3.63, 3.8) is 0 Å². The summed E-state index contributed by atoms with van der Waals surface area (Å²) in [4.78, 5) is 0. The van der Waals surface area contributed by atoms with Crippen molar-refractivity contribution in [2.75, 3.05) is 0 Å². The lowest BCUT2D eigenvalue weighted by Gasteiger charge is -2.37. The standard InChI is InChI=1S/C7H14O4/c1-3-5(8)7(10)6(9)4(2)11-3/h3-10H,1-2H3/t3-,4-,5-,6+,7?/m1/s1. The highest BCUT2D eigenvalue weighted by molar-refractivity contribution is 4.88. The van der Waals surface area contributed by atoms with E-state index in [-0.39, 0.29) is 0 Å². The molecule has 1 saturated heterocycles. The second-order valence-electron chi connectivity index (χ2n) is 3.02. The molecule has 0 saturated carbocycles. The lowest BCUT2D eigenvalue weighted by Crippen LogP contribution is -2.55. The van der Waals surface area contributed by atoms with Gasteiger partial charge in [-0.05, 0) is 13.8 Å². The van der Waals surface area contributed by atoms with Gasteiger partial charge in [0.05, 0.1) is 12.2 Å². The fourth-order valence-electron chi connectivity index (χ4n) is 1.26. The normalized spacial score (nSPS) is 52.6. The third-order valence-electron chi connectivity index (χ3n) is 2.09. The molecule has 1 rings (SSSR count). The summed E-state index contributed by atoms with van der Waals surface area (Å²) in [6.07, 6.45) is -3.89. The number of aliphatic hydroxyl groups is 3. The molecule has 0 radical (unpaired) electrons. The molecular formula is C7H14O4. The molecule has 1 heterocycles. The second-order valence-corrected chi connectivity index (χ2v) is 3.02. The Morgan fingerprint density at radius 1 is 0.818 bits per heavy atom. The van der Waals surface area contributed by atoms with E-state index in [2.05, 4.69) is 0 Å². The quantitative estimate of drug-likeness (QED) is 0.422. The molecule has 3 N–H and O–H groups in total. The highest BCUT2D eigenvalue weighted by Crippen LogP contribution is 2.19. The summed E-state index contributed by atoms with van der Waals surface area (Å²) in [5.41, 5.74) is 0. The van der Waals surface area contributed by atoms with E-state index in [1.807, 2.05) is 0 Å². The average molecular weight is 162 g/mol. The maximum absolute atomic E-state index is 9.21. The van der Waals surface area contributed by atoms with Crippen LogP contribution in [0.4, 0.5) is 0 Å². The maximum atomic E-state index is 9.21. The van der Waals surface area contributed by atoms with Crippen molar-refractivity contribution in [3.8, 4) is 0 Å². The van der Waals surface area contributed by atoms with Crippen molar-refractivity contribution in [2.24, 2.45) is 0 Å². The van der Waals surface area contributed by atoms with Gasteiger partial charge in [0.25, 0.3) is 0 Å². The monoisotopic (exact) mass is 162 g/mol. The summed E-state index contributed by atoms with van der Waals surface area (Å²) >= 11 is 0. The summed E-state index contributed by atoms with van der Waals surface area (Å²) in [7, 11) is 0. The first-order chi connectivity index (χ1) is 5.04. The third-order valence-corrected chi connectivity index (χ3v) is 2.09. The lowest BCUT2D eigenvalue weighted by molar-refractivity contribution is -0.211. The molecule has 4 nitrogen and oxygen atoms in total. The van der Waals surface area contributed by atoms with Gasteiger partial charge in [-0.2, -0.15) is 0 Å². The second kappa shape index (κ2) is 3.06. The molecule has 0 aromatic carbocycles. The first kappa shape index (κ1) is 8.93. The summed E-state index contributed by atoms with van der Waals surface area (Å²) in [5, 5.41) is 27.6. The van der Waals surface area contributed by atoms with Crippen LogP contribution in [0.1, 0.15) is 13.8 Å². The van der Waals surface area contributed by atoms with Crippen molar-refractivity contribution in [1.82, 2.24) is 0 Å². The largest absolute Gasteiger partial charge is 0.388 e. The van der Waals surface area contributed by atoms with Crippen molar-refractivity contribution in [3.05, 3.63) is 0 Å². The fourth-order valence-corrected chi connectivity index (χ4v) is 1.26. The van der Waals surface area contributed by atoms with E-state index in [1.54, 1.807) is 13.8 Å². The van der Waals surface area contributed by atoms with Gasteiger partial charge in [-0.3, -0.25) is 0 Å². The Bertz CT molecular complexity index is 124. The number of hydrogen-bond donors (Lipinski definition) is 3. The molecule has 11 heavy (non-hydrogen) atoms. The summed E-state index contributed by atoms with van der Waals surface area (Å²) < 4.78 is 5.12. The smallest absolute Gasteiger partial charge is 0.111 e. The van der Waals surface area contributed by atoms with Gasteiger partial charge in [0.1, 0.15) is 18.3 Å². The molecule has 0 aromatic heterocycles. The van der Waals surface area contributed by atoms with Gasteiger partial charge < -0.3 is 20.1 Å². The van der Waals surface area contributed by atoms with Gasteiger partial charge >= 0.3 is 0 Å². The zero-order valence-corrected chi connectivity index (χ0v) is 6.64. The fraction of sp³-hybridized carbons (Fsp3) is 1.00. The van der Waals surface area contributed by atoms with E-state index >= 15 is 0 Å². The zero-order valence-electron chi connectivity index (χ0n) is 6.64. The number of ether oxygens (including phenoxy) is 1. The van der Waals surface area contributed by atoms with Crippen LogP contribution in [0.25, 0.3) is 0 Å². The number of rotatable bonds is 0. The topological polar surface area (TPSA) is 69.9 Å². The Labute approximate surface area is 65.4 Å². The number of hydrogen-bond acceptors (Lipinski definition) is 4. The molecule has 1 aliphatic heterocycles. The van der Waals surface area contributed by atoms with E-state index in [9.17, 15) is 15.3 Å². The molecule has 1 aliphatic rings. The molecular weight excluding hydrogens is 148 g/mol. The van der Waals surface area contributed by atoms with Gasteiger partial charge in [-0.15, -0.1) is 0 Å². The Balaban J connectivity index is 2.63. The van der Waals surface area contributed by atoms with Crippen molar-refractivity contribution < 1.29 is 20.1 Å². The van der Waals surface area contributed by atoms with E-state index in [4.69, 9.17) is 4.74 Å². The SMILES string of the molecule is C[C@H]1O[C@H](C)[C@@H](O)C(O)[C@H]1O. The lowest BCUT2D eigenvalue weighted by atomic mass is 9.97. The highest BCUT2D eigenvalue weighted by Gasteiger charge is 2.39. The highest BCUT2D eigenvalue weighted by atomic mass is 16.5. The van der Waals surface area contributed by atoms with Crippen LogP contribution in [0, 0.1) is 0 Å².